The van der Waals surface area contributed by atoms with Gasteiger partial charge in [0.25, 0.3) is 0 Å². The number of carbonyl (C=O) groups is 2. The molecule has 7 rings (SSSR count). The first-order chi connectivity index (χ1) is 19.9. The molecule has 0 radical (unpaired) electrons. The predicted molar refractivity (Wildman–Crippen MR) is 159 cm³/mol. The number of likely N-dealkylation sites (tertiary alicyclic amines) is 2. The number of benzene rings is 1. The van der Waals surface area contributed by atoms with E-state index in [4.69, 9.17) is 0 Å². The van der Waals surface area contributed by atoms with Crippen LogP contribution >= 0.6 is 0 Å². The maximum atomic E-state index is 13.1. The Labute approximate surface area is 242 Å². The first kappa shape index (κ1) is 27.3. The molecule has 5 fully saturated rings. The molecule has 4 aliphatic heterocycles. The second-order valence-corrected chi connectivity index (χ2v) is 13.8. The Kier molecular flexibility index (Phi) is 7.32. The number of hydrogen-bond donors (Lipinski definition) is 2. The summed E-state index contributed by atoms with van der Waals surface area (Å²) in [7, 11) is 1.78. The standard InChI is InChI=1S/C32H46N6O3/c1-35-28-18-24(2-3-26(28)38(31(35)41)27-4-5-29(39)34-30(27)40)23-8-14-36(15-9-23)21-22-6-16-37(17-7-22)25-19-32(20-25)10-12-33-13-11-32/h2-3,18,22-23,25,27,33H,4-17,19-21H2,1H3,(H,34,39,40). The average molecular weight is 563 g/mol. The van der Waals surface area contributed by atoms with Crippen molar-refractivity contribution in [3.8, 4) is 0 Å². The number of hydrogen-bond acceptors (Lipinski definition) is 6. The predicted octanol–water partition coefficient (Wildman–Crippen LogP) is 2.74. The molecule has 1 aliphatic carbocycles. The number of amides is 2. The van der Waals surface area contributed by atoms with E-state index in [1.165, 1.54) is 76.8 Å². The van der Waals surface area contributed by atoms with E-state index in [9.17, 15) is 14.4 Å². The number of aromatic nitrogens is 2. The highest BCUT2D eigenvalue weighted by molar-refractivity contribution is 6.00. The summed E-state index contributed by atoms with van der Waals surface area (Å²) in [6, 6.07) is 6.52. The Bertz CT molecular complexity index is 1350. The number of imide groups is 1. The Morgan fingerprint density at radius 2 is 1.63 bits per heavy atom. The van der Waals surface area contributed by atoms with Gasteiger partial charge in [0.1, 0.15) is 6.04 Å². The molecule has 41 heavy (non-hydrogen) atoms. The van der Waals surface area contributed by atoms with Gasteiger partial charge >= 0.3 is 5.69 Å². The third-order valence-electron chi connectivity index (χ3n) is 11.4. The second-order valence-electron chi connectivity index (χ2n) is 13.8. The highest BCUT2D eigenvalue weighted by atomic mass is 16.2. The van der Waals surface area contributed by atoms with E-state index in [-0.39, 0.29) is 23.9 Å². The summed E-state index contributed by atoms with van der Waals surface area (Å²) in [5.41, 5.74) is 3.40. The molecule has 1 aromatic heterocycles. The van der Waals surface area contributed by atoms with Crippen LogP contribution < -0.4 is 16.3 Å². The van der Waals surface area contributed by atoms with Gasteiger partial charge in [0, 0.05) is 26.1 Å². The van der Waals surface area contributed by atoms with E-state index in [0.717, 1.165) is 48.9 Å². The zero-order valence-corrected chi connectivity index (χ0v) is 24.6. The van der Waals surface area contributed by atoms with Crippen molar-refractivity contribution in [2.75, 3.05) is 45.8 Å². The van der Waals surface area contributed by atoms with Gasteiger partial charge < -0.3 is 15.1 Å². The summed E-state index contributed by atoms with van der Waals surface area (Å²) in [5.74, 6) is 0.672. The molecule has 1 atom stereocenters. The molecular weight excluding hydrogens is 516 g/mol. The van der Waals surface area contributed by atoms with E-state index in [0.29, 0.717) is 17.8 Å². The lowest BCUT2D eigenvalue weighted by Crippen LogP contribution is -2.56. The van der Waals surface area contributed by atoms with Gasteiger partial charge in [0.2, 0.25) is 11.8 Å². The number of piperidine rings is 4. The molecule has 9 nitrogen and oxygen atoms in total. The van der Waals surface area contributed by atoms with Gasteiger partial charge in [-0.1, -0.05) is 6.07 Å². The van der Waals surface area contributed by atoms with Crippen molar-refractivity contribution in [2.45, 2.75) is 82.2 Å². The SMILES string of the molecule is Cn1c(=O)n(C2CCC(=O)NC2=O)c2ccc(C3CCN(CC4CCN(C5CC6(CCNCC6)C5)CC4)CC3)cc21. The van der Waals surface area contributed by atoms with E-state index in [1.54, 1.807) is 16.2 Å². The van der Waals surface area contributed by atoms with Crippen molar-refractivity contribution in [2.24, 2.45) is 18.4 Å². The molecular formula is C32H46N6O3. The van der Waals surface area contributed by atoms with Gasteiger partial charge in [-0.15, -0.1) is 0 Å². The van der Waals surface area contributed by atoms with Crippen LogP contribution in [0.5, 0.6) is 0 Å². The lowest BCUT2D eigenvalue weighted by molar-refractivity contribution is -0.135. The number of imidazole rings is 1. The first-order valence-electron chi connectivity index (χ1n) is 16.1. The molecule has 5 aliphatic rings. The molecule has 222 valence electrons. The van der Waals surface area contributed by atoms with E-state index >= 15 is 0 Å². The van der Waals surface area contributed by atoms with Crippen LogP contribution in [0.3, 0.4) is 0 Å². The summed E-state index contributed by atoms with van der Waals surface area (Å²) < 4.78 is 3.23. The molecule has 5 heterocycles. The van der Waals surface area contributed by atoms with Crippen LogP contribution in [0.4, 0.5) is 0 Å². The van der Waals surface area contributed by atoms with Crippen molar-refractivity contribution in [1.82, 2.24) is 29.6 Å². The molecule has 4 saturated heterocycles. The number of nitrogens with zero attached hydrogens (tertiary/aromatic N) is 4. The first-order valence-corrected chi connectivity index (χ1v) is 16.1. The number of carbonyl (C=O) groups excluding carboxylic acids is 2. The van der Waals surface area contributed by atoms with E-state index < -0.39 is 6.04 Å². The second kappa shape index (κ2) is 11.0. The normalized spacial score (nSPS) is 27.4. The van der Waals surface area contributed by atoms with Gasteiger partial charge in [-0.25, -0.2) is 4.79 Å². The smallest absolute Gasteiger partial charge is 0.317 e. The minimum Gasteiger partial charge on any atom is -0.317 e. The molecule has 1 aromatic carbocycles. The van der Waals surface area contributed by atoms with Gasteiger partial charge in [-0.2, -0.15) is 0 Å². The van der Waals surface area contributed by atoms with Crippen molar-refractivity contribution in [1.29, 1.82) is 0 Å². The number of rotatable bonds is 5. The molecule has 0 bridgehead atoms. The molecule has 1 unspecified atom stereocenters. The summed E-state index contributed by atoms with van der Waals surface area (Å²) >= 11 is 0. The van der Waals surface area contributed by atoms with Crippen LogP contribution in [0.15, 0.2) is 23.0 Å². The average Bonchev–Trinajstić information content (AvgIpc) is 3.22. The van der Waals surface area contributed by atoms with E-state index in [1.807, 2.05) is 6.07 Å². The van der Waals surface area contributed by atoms with Crippen molar-refractivity contribution >= 4 is 22.8 Å². The van der Waals surface area contributed by atoms with Crippen LogP contribution in [0, 0.1) is 11.3 Å². The highest BCUT2D eigenvalue weighted by Gasteiger charge is 2.47. The number of nitrogens with one attached hydrogen (secondary N) is 2. The lowest BCUT2D eigenvalue weighted by Gasteiger charge is -2.55. The molecule has 2 aromatic rings. The quantitative estimate of drug-likeness (QED) is 0.545. The Morgan fingerprint density at radius 1 is 0.902 bits per heavy atom. The maximum absolute atomic E-state index is 13.1. The van der Waals surface area contributed by atoms with Gasteiger partial charge in [0.05, 0.1) is 11.0 Å². The molecule has 1 saturated carbocycles. The van der Waals surface area contributed by atoms with Crippen LogP contribution in [0.1, 0.15) is 81.7 Å². The Morgan fingerprint density at radius 3 is 2.34 bits per heavy atom. The van der Waals surface area contributed by atoms with E-state index in [2.05, 4.69) is 32.6 Å². The van der Waals surface area contributed by atoms with Gasteiger partial charge in [-0.3, -0.25) is 24.0 Å². The number of aryl methyl sites for hydroxylation is 1. The highest BCUT2D eigenvalue weighted by Crippen LogP contribution is 2.50. The minimum atomic E-state index is -0.635. The van der Waals surface area contributed by atoms with Crippen LogP contribution in [0.2, 0.25) is 0 Å². The van der Waals surface area contributed by atoms with Crippen LogP contribution in [-0.2, 0) is 16.6 Å². The molecule has 1 spiro atoms. The Balaban J connectivity index is 0.920. The molecule has 2 N–H and O–H groups in total. The largest absolute Gasteiger partial charge is 0.329 e. The minimum absolute atomic E-state index is 0.199. The third-order valence-corrected chi connectivity index (χ3v) is 11.4. The van der Waals surface area contributed by atoms with Gasteiger partial charge in [0.15, 0.2) is 0 Å². The van der Waals surface area contributed by atoms with Crippen molar-refractivity contribution in [3.63, 3.8) is 0 Å². The lowest BCUT2D eigenvalue weighted by atomic mass is 9.60. The zero-order chi connectivity index (χ0) is 28.1. The fourth-order valence-corrected chi connectivity index (χ4v) is 8.74. The third kappa shape index (κ3) is 5.19. The molecule has 9 heteroatoms. The summed E-state index contributed by atoms with van der Waals surface area (Å²) in [5, 5.41) is 5.93. The summed E-state index contributed by atoms with van der Waals surface area (Å²) in [6.45, 7) is 8.53. The fourth-order valence-electron chi connectivity index (χ4n) is 8.74. The van der Waals surface area contributed by atoms with Crippen molar-refractivity contribution < 1.29 is 9.59 Å². The topological polar surface area (TPSA) is 91.6 Å². The maximum Gasteiger partial charge on any atom is 0.329 e. The summed E-state index contributed by atoms with van der Waals surface area (Å²) in [6.07, 6.45) is 11.3. The monoisotopic (exact) mass is 562 g/mol. The van der Waals surface area contributed by atoms with Crippen molar-refractivity contribution in [3.05, 3.63) is 34.2 Å². The van der Waals surface area contributed by atoms with Crippen LogP contribution in [0.25, 0.3) is 11.0 Å². The fraction of sp³-hybridized carbons (Fsp3) is 0.719. The molecule has 2 amide bonds. The zero-order valence-electron chi connectivity index (χ0n) is 24.6. The number of fused-ring (bicyclic) bond motifs is 1. The van der Waals surface area contributed by atoms with Gasteiger partial charge in [-0.05, 0) is 132 Å². The van der Waals surface area contributed by atoms with Crippen LogP contribution in [-0.4, -0.2) is 82.6 Å². The summed E-state index contributed by atoms with van der Waals surface area (Å²) in [4.78, 5) is 42.8. The Hall–Kier alpha value is -2.49.